The van der Waals surface area contributed by atoms with Crippen molar-refractivity contribution in [3.63, 3.8) is 0 Å². The van der Waals surface area contributed by atoms with Gasteiger partial charge in [-0.2, -0.15) is 0 Å². The summed E-state index contributed by atoms with van der Waals surface area (Å²) < 4.78 is 0. The summed E-state index contributed by atoms with van der Waals surface area (Å²) >= 11 is 0. The third kappa shape index (κ3) is 6.63. The van der Waals surface area contributed by atoms with Crippen LogP contribution in [0.5, 0.6) is 0 Å². The minimum Gasteiger partial charge on any atom is -0.309 e. The average Bonchev–Trinajstić information content (AvgIpc) is 1.97. The van der Waals surface area contributed by atoms with Gasteiger partial charge in [0.05, 0.1) is 0 Å². The second-order valence-corrected chi connectivity index (χ2v) is 1.56. The lowest BCUT2D eigenvalue weighted by Crippen LogP contribution is -1.54. The first-order valence-corrected chi connectivity index (χ1v) is 3.03. The molecule has 1 N–H and O–H groups in total. The van der Waals surface area contributed by atoms with Crippen LogP contribution in [0.3, 0.4) is 0 Å². The summed E-state index contributed by atoms with van der Waals surface area (Å²) in [6.07, 6.45) is 13.8. The van der Waals surface area contributed by atoms with Crippen LogP contribution in [0.4, 0.5) is 0 Å². The first kappa shape index (κ1) is 8.63. The average molecular weight is 134 g/mol. The molecule has 0 aromatic heterocycles. The van der Waals surface area contributed by atoms with E-state index in [4.69, 9.17) is 5.41 Å². The van der Waals surface area contributed by atoms with Crippen molar-refractivity contribution < 1.29 is 1.43 Å². The molecule has 0 aliphatic heterocycles. The van der Waals surface area contributed by atoms with Gasteiger partial charge in [-0.25, -0.2) is 0 Å². The maximum atomic E-state index is 6.64. The highest BCUT2D eigenvalue weighted by atomic mass is 14.3. The molecule has 0 fully saturated rings. The molecule has 1 heteroatoms. The van der Waals surface area contributed by atoms with Gasteiger partial charge in [-0.15, -0.1) is 0 Å². The van der Waals surface area contributed by atoms with Crippen LogP contribution in [0.25, 0.3) is 0 Å². The molecular formula is C9H12N+. The Balaban J connectivity index is 0. The van der Waals surface area contributed by atoms with Crippen LogP contribution in [0.1, 0.15) is 1.43 Å². The van der Waals surface area contributed by atoms with Crippen molar-refractivity contribution in [2.75, 3.05) is 0 Å². The van der Waals surface area contributed by atoms with Crippen LogP contribution < -0.4 is 0 Å². The number of hydrogen-bond donors (Lipinski definition) is 1. The molecular weight excluding hydrogens is 122 g/mol. The van der Waals surface area contributed by atoms with Crippen molar-refractivity contribution in [1.82, 2.24) is 0 Å². The topological polar surface area (TPSA) is 23.9 Å². The van der Waals surface area contributed by atoms with E-state index in [-0.39, 0.29) is 1.43 Å². The predicted octanol–water partition coefficient (Wildman–Crippen LogP) is 2.60. The van der Waals surface area contributed by atoms with Crippen LogP contribution in [0.2, 0.25) is 0 Å². The van der Waals surface area contributed by atoms with Crippen molar-refractivity contribution in [2.45, 2.75) is 0 Å². The van der Waals surface area contributed by atoms with E-state index in [1.54, 1.807) is 18.2 Å². The largest absolute Gasteiger partial charge is 1.00 e. The first-order valence-electron chi connectivity index (χ1n) is 3.03. The molecule has 0 bridgehead atoms. The van der Waals surface area contributed by atoms with Gasteiger partial charge in [-0.1, -0.05) is 43.0 Å². The molecule has 0 aliphatic rings. The van der Waals surface area contributed by atoms with Gasteiger partial charge in [0, 0.05) is 6.21 Å². The molecule has 0 heterocycles. The highest BCUT2D eigenvalue weighted by Gasteiger charge is 1.59. The predicted molar refractivity (Wildman–Crippen MR) is 47.5 cm³/mol. The second-order valence-electron chi connectivity index (χ2n) is 1.56. The minimum absolute atomic E-state index is 0. The Morgan fingerprint density at radius 1 is 0.900 bits per heavy atom. The fraction of sp³-hybridized carbons (Fsp3) is 0. The fourth-order valence-corrected chi connectivity index (χ4v) is 0.391. The van der Waals surface area contributed by atoms with E-state index in [2.05, 4.69) is 6.58 Å². The molecule has 0 aromatic rings. The first-order chi connectivity index (χ1) is 4.91. The van der Waals surface area contributed by atoms with Crippen molar-refractivity contribution in [2.24, 2.45) is 0 Å². The van der Waals surface area contributed by atoms with Gasteiger partial charge in [0.2, 0.25) is 0 Å². The molecule has 0 unspecified atom stereocenters. The summed E-state index contributed by atoms with van der Waals surface area (Å²) in [6.45, 7) is 3.52. The number of allylic oxidation sites excluding steroid dienone is 7. The van der Waals surface area contributed by atoms with E-state index in [1.807, 2.05) is 24.3 Å². The van der Waals surface area contributed by atoms with Crippen molar-refractivity contribution in [3.05, 3.63) is 49.1 Å². The van der Waals surface area contributed by atoms with Gasteiger partial charge in [0.15, 0.2) is 0 Å². The lowest BCUT2D eigenvalue weighted by molar-refractivity contribution is 1.58. The fourth-order valence-electron chi connectivity index (χ4n) is 0.391. The molecule has 10 heavy (non-hydrogen) atoms. The van der Waals surface area contributed by atoms with Gasteiger partial charge in [-0.3, -0.25) is 0 Å². The van der Waals surface area contributed by atoms with E-state index >= 15 is 0 Å². The van der Waals surface area contributed by atoms with Gasteiger partial charge in [0.1, 0.15) is 0 Å². The van der Waals surface area contributed by atoms with E-state index in [1.165, 1.54) is 6.21 Å². The summed E-state index contributed by atoms with van der Waals surface area (Å²) in [4.78, 5) is 0. The van der Waals surface area contributed by atoms with Crippen LogP contribution in [-0.2, 0) is 0 Å². The lowest BCUT2D eigenvalue weighted by Gasteiger charge is -1.70. The van der Waals surface area contributed by atoms with Crippen LogP contribution in [-0.4, -0.2) is 6.21 Å². The Morgan fingerprint density at radius 3 is 1.90 bits per heavy atom. The molecule has 1 nitrogen and oxygen atoms in total. The number of rotatable bonds is 4. The smallest absolute Gasteiger partial charge is 0.309 e. The Hall–Kier alpha value is -1.37. The van der Waals surface area contributed by atoms with Crippen LogP contribution >= 0.6 is 0 Å². The summed E-state index contributed by atoms with van der Waals surface area (Å²) in [5, 5.41) is 6.64. The zero-order valence-electron chi connectivity index (χ0n) is 6.83. The maximum absolute atomic E-state index is 6.64. The summed E-state index contributed by atoms with van der Waals surface area (Å²) in [7, 11) is 0. The van der Waals surface area contributed by atoms with Gasteiger partial charge in [-0.05, 0) is 6.08 Å². The highest BCUT2D eigenvalue weighted by Crippen LogP contribution is 1.78. The molecule has 52 valence electrons. The lowest BCUT2D eigenvalue weighted by atomic mass is 10.4. The summed E-state index contributed by atoms with van der Waals surface area (Å²) in [5.41, 5.74) is 0. The quantitative estimate of drug-likeness (QED) is 0.451. The Morgan fingerprint density at radius 2 is 1.40 bits per heavy atom. The molecule has 0 saturated carbocycles. The van der Waals surface area contributed by atoms with Crippen molar-refractivity contribution >= 4 is 6.21 Å². The van der Waals surface area contributed by atoms with Gasteiger partial charge >= 0.3 is 1.43 Å². The highest BCUT2D eigenvalue weighted by molar-refractivity contribution is 5.68. The summed E-state index contributed by atoms with van der Waals surface area (Å²) in [5.74, 6) is 0. The van der Waals surface area contributed by atoms with Crippen molar-refractivity contribution in [3.8, 4) is 0 Å². The molecule has 0 aromatic carbocycles. The molecule has 0 rings (SSSR count). The van der Waals surface area contributed by atoms with Crippen molar-refractivity contribution in [1.29, 1.82) is 5.41 Å². The molecule has 0 amide bonds. The Bertz CT molecular complexity index is 158. The third-order valence-electron chi connectivity index (χ3n) is 0.788. The monoisotopic (exact) mass is 134 g/mol. The standard InChI is InChI=1S/C9H11N/c1-2-3-4-5-6-7-8-9-10/h2-10H,1H2/p+1/b4-3+,6-5+,8-7+,10-9?. The molecule has 0 radical (unpaired) electrons. The second kappa shape index (κ2) is 7.63. The van der Waals surface area contributed by atoms with Crippen LogP contribution in [0.15, 0.2) is 49.1 Å². The molecule has 0 aliphatic carbocycles. The normalized spacial score (nSPS) is 11.6. The zero-order valence-corrected chi connectivity index (χ0v) is 5.83. The maximum Gasteiger partial charge on any atom is 1.00 e. The van der Waals surface area contributed by atoms with E-state index in [0.29, 0.717) is 0 Å². The molecule has 0 atom stereocenters. The summed E-state index contributed by atoms with van der Waals surface area (Å²) in [6, 6.07) is 0. The zero-order chi connectivity index (χ0) is 7.66. The van der Waals surface area contributed by atoms with E-state index in [9.17, 15) is 0 Å². The van der Waals surface area contributed by atoms with E-state index in [0.717, 1.165) is 0 Å². The molecule has 0 spiro atoms. The third-order valence-corrected chi connectivity index (χ3v) is 0.788. The number of hydrogen-bond acceptors (Lipinski definition) is 1. The van der Waals surface area contributed by atoms with E-state index < -0.39 is 0 Å². The Kier molecular flexibility index (Phi) is 6.58. The van der Waals surface area contributed by atoms with Gasteiger partial charge < -0.3 is 5.41 Å². The minimum atomic E-state index is 0. The van der Waals surface area contributed by atoms with Gasteiger partial charge in [0.25, 0.3) is 0 Å². The number of nitrogens with one attached hydrogen (secondary N) is 1. The molecule has 0 saturated heterocycles. The Labute approximate surface area is 63.1 Å². The van der Waals surface area contributed by atoms with Crippen LogP contribution in [0, 0.1) is 5.41 Å². The SMILES string of the molecule is C=C/C=C/C=C/C=C/C=N.[H+].